The zero-order valence-electron chi connectivity index (χ0n) is 16.5. The minimum Gasteiger partial charge on any atom is -0.324 e. The summed E-state index contributed by atoms with van der Waals surface area (Å²) in [4.78, 5) is 30.8. The lowest BCUT2D eigenvalue weighted by Gasteiger charge is -2.36. The van der Waals surface area contributed by atoms with Crippen LogP contribution in [0.3, 0.4) is 0 Å². The van der Waals surface area contributed by atoms with Crippen molar-refractivity contribution in [2.75, 3.05) is 16.9 Å². The van der Waals surface area contributed by atoms with Crippen LogP contribution in [-0.4, -0.2) is 34.3 Å². The summed E-state index contributed by atoms with van der Waals surface area (Å²) in [5, 5.41) is 5.68. The van der Waals surface area contributed by atoms with E-state index in [1.54, 1.807) is 0 Å². The van der Waals surface area contributed by atoms with Gasteiger partial charge in [-0.1, -0.05) is 48.0 Å². The zero-order chi connectivity index (χ0) is 21.2. The fourth-order valence-corrected chi connectivity index (χ4v) is 7.82. The highest BCUT2D eigenvalue weighted by molar-refractivity contribution is 7.99. The third-order valence-corrected chi connectivity index (χ3v) is 9.00. The van der Waals surface area contributed by atoms with Gasteiger partial charge in [-0.3, -0.25) is 14.5 Å². The average Bonchev–Trinajstić information content (AvgIpc) is 3.54. The second kappa shape index (κ2) is 7.20. The van der Waals surface area contributed by atoms with Gasteiger partial charge in [0.1, 0.15) is 5.54 Å². The summed E-state index contributed by atoms with van der Waals surface area (Å²) in [6.45, 7) is 0. The number of hydrogen-bond donors (Lipinski definition) is 1. The summed E-state index contributed by atoms with van der Waals surface area (Å²) in [5.41, 5.74) is 1.78. The topological polar surface area (TPSA) is 49.4 Å². The van der Waals surface area contributed by atoms with E-state index >= 15 is 0 Å². The Morgan fingerprint density at radius 1 is 1.10 bits per heavy atom. The number of carbonyl (C=O) groups excluding carboxylic acids is 2. The summed E-state index contributed by atoms with van der Waals surface area (Å²) >= 11 is 9.45. The van der Waals surface area contributed by atoms with Crippen molar-refractivity contribution in [3.8, 4) is 0 Å². The summed E-state index contributed by atoms with van der Waals surface area (Å²) in [6, 6.07) is 19.5. The lowest BCUT2D eigenvalue weighted by atomic mass is 9.70. The molecule has 7 heteroatoms. The van der Waals surface area contributed by atoms with Gasteiger partial charge in [0, 0.05) is 39.9 Å². The Balaban J connectivity index is 1.62. The standard InChI is InChI=1S/C24H19ClN2O2S2/c25-15-9-7-14(8-10-15)20-18-12-30-13-27(18)24(21(20)22(28)19-6-3-11-31-19)16-4-1-2-5-17(16)26-23(24)29/h1-11,18,20-21H,12-13H2,(H,26,29)/t18-,20+,21-,24-/m1/s1. The lowest BCUT2D eigenvalue weighted by molar-refractivity contribution is -0.127. The van der Waals surface area contributed by atoms with Crippen LogP contribution < -0.4 is 5.32 Å². The highest BCUT2D eigenvalue weighted by Crippen LogP contribution is 2.61. The molecule has 2 saturated heterocycles. The number of nitrogens with one attached hydrogen (secondary N) is 1. The van der Waals surface area contributed by atoms with Crippen LogP contribution in [0.25, 0.3) is 0 Å². The maximum absolute atomic E-state index is 14.1. The van der Waals surface area contributed by atoms with Crippen LogP contribution in [0.2, 0.25) is 5.02 Å². The van der Waals surface area contributed by atoms with Crippen molar-refractivity contribution >= 4 is 52.1 Å². The van der Waals surface area contributed by atoms with Gasteiger partial charge in [-0.2, -0.15) is 0 Å². The molecule has 0 unspecified atom stereocenters. The van der Waals surface area contributed by atoms with E-state index in [0.29, 0.717) is 9.90 Å². The van der Waals surface area contributed by atoms with Crippen LogP contribution in [0, 0.1) is 5.92 Å². The summed E-state index contributed by atoms with van der Waals surface area (Å²) in [5.74, 6) is 0.957. The Hall–Kier alpha value is -2.12. The first kappa shape index (κ1) is 19.6. The van der Waals surface area contributed by atoms with E-state index in [4.69, 9.17) is 11.6 Å². The Labute approximate surface area is 193 Å². The average molecular weight is 467 g/mol. The molecule has 2 fully saturated rings. The molecule has 1 amide bonds. The molecule has 3 aliphatic rings. The largest absolute Gasteiger partial charge is 0.324 e. The van der Waals surface area contributed by atoms with Gasteiger partial charge in [0.2, 0.25) is 5.91 Å². The number of rotatable bonds is 3. The number of para-hydroxylation sites is 1. The Morgan fingerprint density at radius 3 is 2.68 bits per heavy atom. The van der Waals surface area contributed by atoms with Crippen LogP contribution in [0.4, 0.5) is 5.69 Å². The van der Waals surface area contributed by atoms with Gasteiger partial charge in [0.05, 0.1) is 10.8 Å². The van der Waals surface area contributed by atoms with Gasteiger partial charge in [-0.05, 0) is 35.2 Å². The van der Waals surface area contributed by atoms with Gasteiger partial charge in [0.15, 0.2) is 5.78 Å². The molecule has 3 aromatic rings. The van der Waals surface area contributed by atoms with Crippen molar-refractivity contribution in [3.05, 3.63) is 87.1 Å². The number of hydrogen-bond acceptors (Lipinski definition) is 5. The number of anilines is 1. The third kappa shape index (κ3) is 2.65. The number of halogens is 1. The summed E-state index contributed by atoms with van der Waals surface area (Å²) in [7, 11) is 0. The molecule has 1 N–H and O–H groups in total. The maximum atomic E-state index is 14.1. The number of nitrogens with zero attached hydrogens (tertiary/aromatic N) is 1. The molecule has 0 saturated carbocycles. The molecule has 156 valence electrons. The molecule has 1 spiro atoms. The maximum Gasteiger partial charge on any atom is 0.250 e. The predicted octanol–water partition coefficient (Wildman–Crippen LogP) is 5.22. The van der Waals surface area contributed by atoms with E-state index in [2.05, 4.69) is 10.2 Å². The first-order chi connectivity index (χ1) is 15.1. The van der Waals surface area contributed by atoms with Gasteiger partial charge in [0.25, 0.3) is 0 Å². The molecule has 1 aromatic heterocycles. The van der Waals surface area contributed by atoms with Crippen molar-refractivity contribution in [2.24, 2.45) is 5.92 Å². The number of ketones is 1. The van der Waals surface area contributed by atoms with E-state index in [1.807, 2.05) is 77.8 Å². The predicted molar refractivity (Wildman–Crippen MR) is 126 cm³/mol. The Morgan fingerprint density at radius 2 is 1.90 bits per heavy atom. The number of thioether (sulfide) groups is 1. The fourth-order valence-electron chi connectivity index (χ4n) is 5.66. The fraction of sp³-hybridized carbons (Fsp3) is 0.250. The summed E-state index contributed by atoms with van der Waals surface area (Å²) in [6.07, 6.45) is 0. The van der Waals surface area contributed by atoms with Gasteiger partial charge in [-0.25, -0.2) is 0 Å². The van der Waals surface area contributed by atoms with E-state index in [-0.39, 0.29) is 23.7 Å². The molecule has 4 nitrogen and oxygen atoms in total. The van der Waals surface area contributed by atoms with Gasteiger partial charge < -0.3 is 5.32 Å². The smallest absolute Gasteiger partial charge is 0.250 e. The molecule has 3 aliphatic heterocycles. The summed E-state index contributed by atoms with van der Waals surface area (Å²) < 4.78 is 0. The van der Waals surface area contributed by atoms with Crippen LogP contribution in [-0.2, 0) is 10.3 Å². The van der Waals surface area contributed by atoms with Gasteiger partial charge in [-0.15, -0.1) is 23.1 Å². The minimum absolute atomic E-state index is 0.0428. The second-order valence-electron chi connectivity index (χ2n) is 8.20. The molecular formula is C24H19ClN2O2S2. The first-order valence-corrected chi connectivity index (χ1v) is 12.6. The SMILES string of the molecule is O=C(c1cccs1)[C@H]1[C@@H](c2ccc(Cl)cc2)[C@H]2CSCN2[C@@]12C(=O)Nc1ccccc12. The van der Waals surface area contributed by atoms with Crippen LogP contribution in [0.5, 0.6) is 0 Å². The number of carbonyl (C=O) groups is 2. The van der Waals surface area contributed by atoms with Crippen molar-refractivity contribution in [1.82, 2.24) is 4.90 Å². The molecule has 0 radical (unpaired) electrons. The van der Waals surface area contributed by atoms with Crippen LogP contribution >= 0.6 is 34.7 Å². The lowest BCUT2D eigenvalue weighted by Crippen LogP contribution is -2.52. The molecule has 6 rings (SSSR count). The third-order valence-electron chi connectivity index (χ3n) is 6.83. The Bertz CT molecular complexity index is 1180. The molecule has 0 aliphatic carbocycles. The number of fused-ring (bicyclic) bond motifs is 4. The van der Waals surface area contributed by atoms with E-state index in [1.165, 1.54) is 11.3 Å². The quantitative estimate of drug-likeness (QED) is 0.537. The highest BCUT2D eigenvalue weighted by Gasteiger charge is 2.69. The number of amides is 1. The van der Waals surface area contributed by atoms with E-state index in [0.717, 1.165) is 28.4 Å². The van der Waals surface area contributed by atoms with Crippen molar-refractivity contribution < 1.29 is 9.59 Å². The van der Waals surface area contributed by atoms with Crippen molar-refractivity contribution in [2.45, 2.75) is 17.5 Å². The number of Topliss-reactive ketones (excluding diaryl/α,β-unsaturated/α-hetero) is 1. The van der Waals surface area contributed by atoms with Crippen molar-refractivity contribution in [1.29, 1.82) is 0 Å². The molecule has 31 heavy (non-hydrogen) atoms. The molecule has 4 heterocycles. The Kier molecular flexibility index (Phi) is 4.54. The monoisotopic (exact) mass is 466 g/mol. The minimum atomic E-state index is -1.00. The molecule has 2 aromatic carbocycles. The zero-order valence-corrected chi connectivity index (χ0v) is 18.8. The highest BCUT2D eigenvalue weighted by atomic mass is 35.5. The second-order valence-corrected chi connectivity index (χ2v) is 10.6. The van der Waals surface area contributed by atoms with Crippen LogP contribution in [0.1, 0.15) is 26.7 Å². The number of benzene rings is 2. The first-order valence-electron chi connectivity index (χ1n) is 10.2. The normalized spacial score (nSPS) is 29.2. The number of thiophene rings is 1. The van der Waals surface area contributed by atoms with E-state index < -0.39 is 11.5 Å². The van der Waals surface area contributed by atoms with Crippen LogP contribution in [0.15, 0.2) is 66.0 Å². The molecule has 0 bridgehead atoms. The van der Waals surface area contributed by atoms with E-state index in [9.17, 15) is 9.59 Å². The van der Waals surface area contributed by atoms with Gasteiger partial charge >= 0.3 is 0 Å². The molecule has 4 atom stereocenters. The molecular weight excluding hydrogens is 448 g/mol. The van der Waals surface area contributed by atoms with Crippen molar-refractivity contribution in [3.63, 3.8) is 0 Å².